The lowest BCUT2D eigenvalue weighted by Crippen LogP contribution is -2.46. The van der Waals surface area contributed by atoms with Crippen LogP contribution in [0.5, 0.6) is 0 Å². The molecule has 0 saturated heterocycles. The largest absolute Gasteiger partial charge is 0.392 e. The zero-order chi connectivity index (χ0) is 10.7. The van der Waals surface area contributed by atoms with E-state index in [2.05, 4.69) is 0 Å². The molecule has 2 atom stereocenters. The van der Waals surface area contributed by atoms with Gasteiger partial charge in [-0.25, -0.2) is 0 Å². The van der Waals surface area contributed by atoms with Crippen molar-refractivity contribution in [2.45, 2.75) is 52.2 Å². The maximum atomic E-state index is 10.2. The lowest BCUT2D eigenvalue weighted by Gasteiger charge is -2.41. The summed E-state index contributed by atoms with van der Waals surface area (Å²) in [6, 6.07) is 0. The Morgan fingerprint density at radius 1 is 1.31 bits per heavy atom. The molecule has 3 heteroatoms. The van der Waals surface area contributed by atoms with Crippen LogP contribution in [0.1, 0.15) is 40.5 Å². The van der Waals surface area contributed by atoms with E-state index in [0.717, 1.165) is 0 Å². The number of aliphatic hydroxyl groups is 2. The van der Waals surface area contributed by atoms with Gasteiger partial charge in [0.1, 0.15) is 0 Å². The van der Waals surface area contributed by atoms with Gasteiger partial charge >= 0.3 is 0 Å². The van der Waals surface area contributed by atoms with Crippen LogP contribution in [0.25, 0.3) is 0 Å². The van der Waals surface area contributed by atoms with Crippen LogP contribution in [-0.4, -0.2) is 28.5 Å². The van der Waals surface area contributed by atoms with Crippen LogP contribution in [0.4, 0.5) is 0 Å². The summed E-state index contributed by atoms with van der Waals surface area (Å²) in [6.07, 6.45) is 0.376. The number of aliphatic hydroxyl groups excluding tert-OH is 1. The van der Waals surface area contributed by atoms with Gasteiger partial charge in [0, 0.05) is 13.0 Å². The fourth-order valence-corrected chi connectivity index (χ4v) is 1.45. The predicted octanol–water partition coefficient (Wildman–Crippen LogP) is 0.883. The molecule has 0 aromatic rings. The van der Waals surface area contributed by atoms with E-state index in [1.807, 2.05) is 27.7 Å². The molecule has 0 spiro atoms. The predicted molar refractivity (Wildman–Crippen MR) is 54.4 cm³/mol. The summed E-state index contributed by atoms with van der Waals surface area (Å²) in [5.74, 6) is 0. The minimum Gasteiger partial charge on any atom is -0.392 e. The fraction of sp³-hybridized carbons (Fsp3) is 1.00. The highest BCUT2D eigenvalue weighted by Crippen LogP contribution is 2.36. The fourth-order valence-electron chi connectivity index (χ4n) is 1.45. The van der Waals surface area contributed by atoms with E-state index in [-0.39, 0.29) is 12.0 Å². The summed E-state index contributed by atoms with van der Waals surface area (Å²) in [6.45, 7) is 8.05. The maximum absolute atomic E-state index is 10.2. The SMILES string of the molecule is CC[C@](O)(C[C@@H](O)CN)C(C)(C)C. The molecule has 0 bridgehead atoms. The van der Waals surface area contributed by atoms with Crippen LogP contribution in [-0.2, 0) is 0 Å². The third-order valence-corrected chi connectivity index (χ3v) is 2.83. The molecule has 0 heterocycles. The molecule has 13 heavy (non-hydrogen) atoms. The van der Waals surface area contributed by atoms with Gasteiger partial charge in [-0.2, -0.15) is 0 Å². The van der Waals surface area contributed by atoms with Gasteiger partial charge in [-0.1, -0.05) is 27.7 Å². The van der Waals surface area contributed by atoms with Crippen molar-refractivity contribution in [3.8, 4) is 0 Å². The van der Waals surface area contributed by atoms with Gasteiger partial charge in [-0.05, 0) is 11.8 Å². The highest BCUT2D eigenvalue weighted by molar-refractivity contribution is 4.91. The van der Waals surface area contributed by atoms with Crippen molar-refractivity contribution in [2.24, 2.45) is 11.1 Å². The van der Waals surface area contributed by atoms with Crippen LogP contribution in [0.3, 0.4) is 0 Å². The van der Waals surface area contributed by atoms with Gasteiger partial charge in [0.15, 0.2) is 0 Å². The highest BCUT2D eigenvalue weighted by Gasteiger charge is 2.39. The molecule has 0 aliphatic rings. The summed E-state index contributed by atoms with van der Waals surface area (Å²) in [7, 11) is 0. The molecule has 4 N–H and O–H groups in total. The average molecular weight is 189 g/mol. The average Bonchev–Trinajstić information content (AvgIpc) is 2.02. The molecule has 3 nitrogen and oxygen atoms in total. The van der Waals surface area contributed by atoms with Crippen molar-refractivity contribution in [1.82, 2.24) is 0 Å². The van der Waals surface area contributed by atoms with E-state index in [1.165, 1.54) is 0 Å². The quantitative estimate of drug-likeness (QED) is 0.615. The summed E-state index contributed by atoms with van der Waals surface area (Å²) < 4.78 is 0. The van der Waals surface area contributed by atoms with Gasteiger partial charge in [0.05, 0.1) is 11.7 Å². The van der Waals surface area contributed by atoms with Crippen LogP contribution < -0.4 is 5.73 Å². The lowest BCUT2D eigenvalue weighted by atomic mass is 9.72. The number of nitrogens with two attached hydrogens (primary N) is 1. The van der Waals surface area contributed by atoms with Gasteiger partial charge in [0.2, 0.25) is 0 Å². The topological polar surface area (TPSA) is 66.5 Å². The standard InChI is InChI=1S/C10H23NO2/c1-5-10(13,9(2,3)4)6-8(12)7-11/h8,12-13H,5-7,11H2,1-4H3/t8-,10+/m1/s1. The van der Waals surface area contributed by atoms with E-state index in [0.29, 0.717) is 12.8 Å². The van der Waals surface area contributed by atoms with Crippen LogP contribution in [0, 0.1) is 5.41 Å². The summed E-state index contributed by atoms with van der Waals surface area (Å²) in [5, 5.41) is 19.6. The minimum atomic E-state index is -0.828. The molecular weight excluding hydrogens is 166 g/mol. The summed E-state index contributed by atoms with van der Waals surface area (Å²) in [5.41, 5.74) is 4.26. The van der Waals surface area contributed by atoms with Crippen LogP contribution in [0.15, 0.2) is 0 Å². The Bertz CT molecular complexity index is 153. The first-order chi connectivity index (χ1) is 5.77. The van der Waals surface area contributed by atoms with Crippen molar-refractivity contribution >= 4 is 0 Å². The van der Waals surface area contributed by atoms with Gasteiger partial charge < -0.3 is 15.9 Å². The van der Waals surface area contributed by atoms with Crippen molar-refractivity contribution < 1.29 is 10.2 Å². The molecule has 0 radical (unpaired) electrons. The molecule has 0 amide bonds. The van der Waals surface area contributed by atoms with E-state index in [1.54, 1.807) is 0 Å². The zero-order valence-corrected chi connectivity index (χ0v) is 9.17. The second kappa shape index (κ2) is 4.40. The molecule has 0 rings (SSSR count). The maximum Gasteiger partial charge on any atom is 0.0718 e. The Morgan fingerprint density at radius 3 is 2.00 bits per heavy atom. The van der Waals surface area contributed by atoms with Gasteiger partial charge in [-0.3, -0.25) is 0 Å². The summed E-state index contributed by atoms with van der Waals surface area (Å²) >= 11 is 0. The second-order valence-electron chi connectivity index (χ2n) is 4.73. The Balaban J connectivity index is 4.46. The molecule has 80 valence electrons. The van der Waals surface area contributed by atoms with Crippen molar-refractivity contribution in [1.29, 1.82) is 0 Å². The van der Waals surface area contributed by atoms with Crippen LogP contribution in [0.2, 0.25) is 0 Å². The molecule has 0 aliphatic heterocycles. The van der Waals surface area contributed by atoms with Crippen LogP contribution >= 0.6 is 0 Å². The highest BCUT2D eigenvalue weighted by atomic mass is 16.3. The van der Waals surface area contributed by atoms with Crippen molar-refractivity contribution in [3.05, 3.63) is 0 Å². The third kappa shape index (κ3) is 3.25. The van der Waals surface area contributed by atoms with E-state index >= 15 is 0 Å². The Kier molecular flexibility index (Phi) is 4.36. The first kappa shape index (κ1) is 12.9. The summed E-state index contributed by atoms with van der Waals surface area (Å²) in [4.78, 5) is 0. The number of hydrogen-bond acceptors (Lipinski definition) is 3. The molecule has 0 aromatic heterocycles. The second-order valence-corrected chi connectivity index (χ2v) is 4.73. The van der Waals surface area contributed by atoms with E-state index < -0.39 is 11.7 Å². The Hall–Kier alpha value is -0.120. The van der Waals surface area contributed by atoms with E-state index in [4.69, 9.17) is 5.73 Å². The van der Waals surface area contributed by atoms with Gasteiger partial charge in [0.25, 0.3) is 0 Å². The molecule has 0 fully saturated rings. The van der Waals surface area contributed by atoms with Crippen molar-refractivity contribution in [2.75, 3.05) is 6.54 Å². The smallest absolute Gasteiger partial charge is 0.0718 e. The number of rotatable bonds is 4. The monoisotopic (exact) mass is 189 g/mol. The number of hydrogen-bond donors (Lipinski definition) is 3. The normalized spacial score (nSPS) is 19.6. The molecule has 0 aliphatic carbocycles. The minimum absolute atomic E-state index is 0.207. The first-order valence-corrected chi connectivity index (χ1v) is 4.87. The first-order valence-electron chi connectivity index (χ1n) is 4.87. The molecule has 0 saturated carbocycles. The third-order valence-electron chi connectivity index (χ3n) is 2.83. The molecule has 0 unspecified atom stereocenters. The lowest BCUT2D eigenvalue weighted by molar-refractivity contribution is -0.0899. The van der Waals surface area contributed by atoms with E-state index in [9.17, 15) is 10.2 Å². The van der Waals surface area contributed by atoms with Crippen molar-refractivity contribution in [3.63, 3.8) is 0 Å². The molecule has 0 aromatic carbocycles. The Morgan fingerprint density at radius 2 is 1.77 bits per heavy atom. The zero-order valence-electron chi connectivity index (χ0n) is 9.17. The Labute approximate surface area is 81.0 Å². The van der Waals surface area contributed by atoms with Gasteiger partial charge in [-0.15, -0.1) is 0 Å². The molecular formula is C10H23NO2.